The second kappa shape index (κ2) is 6.84. The van der Waals surface area contributed by atoms with E-state index in [4.69, 9.17) is 11.6 Å². The number of nitrogens with one attached hydrogen (secondary N) is 1. The van der Waals surface area contributed by atoms with Crippen LogP contribution >= 0.6 is 22.9 Å². The zero-order chi connectivity index (χ0) is 17.2. The van der Waals surface area contributed by atoms with Gasteiger partial charge < -0.3 is 5.32 Å². The first-order valence-corrected chi connectivity index (χ1v) is 10.0. The molecule has 0 spiro atoms. The minimum absolute atomic E-state index is 0.258. The SMILES string of the molecule is CS(=O)(=O)c1ccc(-c2cc(Cl)nc(NCc3nccs3)n2)cc1. The minimum atomic E-state index is -3.23. The summed E-state index contributed by atoms with van der Waals surface area (Å²) >= 11 is 7.60. The molecule has 1 aromatic carbocycles. The fraction of sp³-hybridized carbons (Fsp3) is 0.133. The summed E-state index contributed by atoms with van der Waals surface area (Å²) in [5.41, 5.74) is 1.36. The summed E-state index contributed by atoms with van der Waals surface area (Å²) in [5, 5.41) is 6.19. The average molecular weight is 381 g/mol. The van der Waals surface area contributed by atoms with Gasteiger partial charge in [0.1, 0.15) is 10.2 Å². The highest BCUT2D eigenvalue weighted by Gasteiger charge is 2.09. The molecule has 0 aliphatic rings. The fourth-order valence-electron chi connectivity index (χ4n) is 2.01. The number of hydrogen-bond donors (Lipinski definition) is 1. The lowest BCUT2D eigenvalue weighted by Crippen LogP contribution is -2.04. The monoisotopic (exact) mass is 380 g/mol. The molecule has 3 rings (SSSR count). The molecule has 2 aromatic heterocycles. The van der Waals surface area contributed by atoms with Crippen LogP contribution in [-0.2, 0) is 16.4 Å². The van der Waals surface area contributed by atoms with Gasteiger partial charge in [-0.05, 0) is 12.1 Å². The van der Waals surface area contributed by atoms with Gasteiger partial charge in [-0.3, -0.25) is 0 Å². The van der Waals surface area contributed by atoms with Crippen LogP contribution in [0.5, 0.6) is 0 Å². The van der Waals surface area contributed by atoms with E-state index in [1.54, 1.807) is 36.5 Å². The number of thiazole rings is 1. The van der Waals surface area contributed by atoms with Crippen molar-refractivity contribution in [2.75, 3.05) is 11.6 Å². The van der Waals surface area contributed by atoms with E-state index in [2.05, 4.69) is 20.3 Å². The van der Waals surface area contributed by atoms with Gasteiger partial charge in [0.2, 0.25) is 5.95 Å². The Kier molecular flexibility index (Phi) is 4.79. The number of nitrogens with zero attached hydrogens (tertiary/aromatic N) is 3. The van der Waals surface area contributed by atoms with Crippen LogP contribution in [0, 0.1) is 0 Å². The summed E-state index contributed by atoms with van der Waals surface area (Å²) in [6.45, 7) is 0.504. The third-order valence-corrected chi connectivity index (χ3v) is 5.26. The highest BCUT2D eigenvalue weighted by atomic mass is 35.5. The molecule has 9 heteroatoms. The Hall–Kier alpha value is -2.03. The van der Waals surface area contributed by atoms with Gasteiger partial charge >= 0.3 is 0 Å². The van der Waals surface area contributed by atoms with E-state index in [1.165, 1.54) is 17.6 Å². The smallest absolute Gasteiger partial charge is 0.225 e. The average Bonchev–Trinajstić information content (AvgIpc) is 3.05. The normalized spacial score (nSPS) is 11.4. The van der Waals surface area contributed by atoms with Gasteiger partial charge in [-0.15, -0.1) is 11.3 Å². The van der Waals surface area contributed by atoms with Crippen molar-refractivity contribution >= 4 is 38.7 Å². The lowest BCUT2D eigenvalue weighted by molar-refractivity contribution is 0.602. The van der Waals surface area contributed by atoms with E-state index in [-0.39, 0.29) is 4.90 Å². The summed E-state index contributed by atoms with van der Waals surface area (Å²) < 4.78 is 23.0. The third-order valence-electron chi connectivity index (χ3n) is 3.15. The number of anilines is 1. The third kappa shape index (κ3) is 4.08. The van der Waals surface area contributed by atoms with Gasteiger partial charge in [0, 0.05) is 29.5 Å². The molecule has 6 nitrogen and oxygen atoms in total. The van der Waals surface area contributed by atoms with Crippen molar-refractivity contribution in [1.29, 1.82) is 0 Å². The summed E-state index contributed by atoms with van der Waals surface area (Å²) in [7, 11) is -3.23. The van der Waals surface area contributed by atoms with E-state index in [0.717, 1.165) is 10.6 Å². The predicted octanol–water partition coefficient (Wildman–Crippen LogP) is 3.27. The summed E-state index contributed by atoms with van der Waals surface area (Å²) in [5.74, 6) is 0.389. The molecule has 0 saturated heterocycles. The van der Waals surface area contributed by atoms with Crippen molar-refractivity contribution < 1.29 is 8.42 Å². The first-order chi connectivity index (χ1) is 11.4. The molecule has 0 bridgehead atoms. The Morgan fingerprint density at radius 3 is 2.58 bits per heavy atom. The summed E-state index contributed by atoms with van der Waals surface area (Å²) in [6, 6.07) is 8.11. The lowest BCUT2D eigenvalue weighted by atomic mass is 10.1. The topological polar surface area (TPSA) is 84.8 Å². The number of sulfone groups is 1. The minimum Gasteiger partial charge on any atom is -0.348 e. The molecule has 1 N–H and O–H groups in total. The Balaban J connectivity index is 1.85. The van der Waals surface area contributed by atoms with Gasteiger partial charge in [0.05, 0.1) is 17.1 Å². The zero-order valence-corrected chi connectivity index (χ0v) is 15.0. The van der Waals surface area contributed by atoms with Gasteiger partial charge in [-0.25, -0.2) is 23.4 Å². The Bertz CT molecular complexity index is 942. The standard InChI is InChI=1S/C15H13ClN4O2S2/c1-24(21,22)11-4-2-10(3-5-11)12-8-13(16)20-15(19-12)18-9-14-17-6-7-23-14/h2-8H,9H2,1H3,(H,18,19,20). The lowest BCUT2D eigenvalue weighted by Gasteiger charge is -2.07. The van der Waals surface area contributed by atoms with Crippen LogP contribution in [0.2, 0.25) is 5.15 Å². The number of aromatic nitrogens is 3. The molecule has 0 atom stereocenters. The maximum atomic E-state index is 11.5. The summed E-state index contributed by atoms with van der Waals surface area (Å²) in [4.78, 5) is 13.0. The second-order valence-electron chi connectivity index (χ2n) is 4.98. The Morgan fingerprint density at radius 2 is 1.96 bits per heavy atom. The van der Waals surface area contributed by atoms with E-state index in [0.29, 0.717) is 23.3 Å². The Labute approximate surface area is 148 Å². The largest absolute Gasteiger partial charge is 0.348 e. The van der Waals surface area contributed by atoms with E-state index in [1.807, 2.05) is 5.38 Å². The predicted molar refractivity (Wildman–Crippen MR) is 95.0 cm³/mol. The molecule has 0 aliphatic heterocycles. The maximum absolute atomic E-state index is 11.5. The van der Waals surface area contributed by atoms with Crippen molar-refractivity contribution in [3.05, 3.63) is 52.1 Å². The second-order valence-corrected chi connectivity index (χ2v) is 8.36. The van der Waals surface area contributed by atoms with E-state index in [9.17, 15) is 8.42 Å². The maximum Gasteiger partial charge on any atom is 0.225 e. The molecular weight excluding hydrogens is 368 g/mol. The molecule has 3 aromatic rings. The van der Waals surface area contributed by atoms with E-state index >= 15 is 0 Å². The van der Waals surface area contributed by atoms with Crippen molar-refractivity contribution in [2.24, 2.45) is 0 Å². The molecule has 124 valence electrons. The fourth-order valence-corrected chi connectivity index (χ4v) is 3.38. The van der Waals surface area contributed by atoms with Crippen molar-refractivity contribution in [2.45, 2.75) is 11.4 Å². The highest BCUT2D eigenvalue weighted by molar-refractivity contribution is 7.90. The zero-order valence-electron chi connectivity index (χ0n) is 12.6. The van der Waals surface area contributed by atoms with E-state index < -0.39 is 9.84 Å². The van der Waals surface area contributed by atoms with Gasteiger partial charge in [0.15, 0.2) is 9.84 Å². The first-order valence-electron chi connectivity index (χ1n) is 6.89. The molecule has 0 amide bonds. The van der Waals surface area contributed by atoms with Gasteiger partial charge in [-0.2, -0.15) is 0 Å². The number of hydrogen-bond acceptors (Lipinski definition) is 7. The van der Waals surface area contributed by atoms with Crippen LogP contribution < -0.4 is 5.32 Å². The molecule has 24 heavy (non-hydrogen) atoms. The number of rotatable bonds is 5. The van der Waals surface area contributed by atoms with Gasteiger partial charge in [0.25, 0.3) is 0 Å². The summed E-state index contributed by atoms with van der Waals surface area (Å²) in [6.07, 6.45) is 2.90. The van der Waals surface area contributed by atoms with Crippen LogP contribution in [0.4, 0.5) is 5.95 Å². The first kappa shape index (κ1) is 16.8. The van der Waals surface area contributed by atoms with Crippen LogP contribution in [0.15, 0.2) is 46.8 Å². The molecule has 2 heterocycles. The number of halogens is 1. The molecule has 0 aliphatic carbocycles. The molecular formula is C15H13ClN4O2S2. The van der Waals surface area contributed by atoms with Gasteiger partial charge in [-0.1, -0.05) is 23.7 Å². The van der Waals surface area contributed by atoms with Crippen LogP contribution in [0.3, 0.4) is 0 Å². The Morgan fingerprint density at radius 1 is 1.21 bits per heavy atom. The van der Waals surface area contributed by atoms with Crippen LogP contribution in [-0.4, -0.2) is 29.6 Å². The molecule has 0 fully saturated rings. The van der Waals surface area contributed by atoms with Crippen molar-refractivity contribution in [1.82, 2.24) is 15.0 Å². The quantitative estimate of drug-likeness (QED) is 0.684. The van der Waals surface area contributed by atoms with Crippen molar-refractivity contribution in [3.8, 4) is 11.3 Å². The molecule has 0 radical (unpaired) electrons. The van der Waals surface area contributed by atoms with Crippen molar-refractivity contribution in [3.63, 3.8) is 0 Å². The highest BCUT2D eigenvalue weighted by Crippen LogP contribution is 2.23. The van der Waals surface area contributed by atoms with Crippen LogP contribution in [0.25, 0.3) is 11.3 Å². The van der Waals surface area contributed by atoms with Crippen LogP contribution in [0.1, 0.15) is 5.01 Å². The molecule has 0 saturated carbocycles. The molecule has 0 unspecified atom stereocenters. The number of benzene rings is 1.